The topological polar surface area (TPSA) is 67.9 Å². The Morgan fingerprint density at radius 3 is 2.58 bits per heavy atom. The summed E-state index contributed by atoms with van der Waals surface area (Å²) in [5, 5.41) is 0. The Kier molecular flexibility index (Phi) is 5.09. The van der Waals surface area contributed by atoms with Gasteiger partial charge < -0.3 is 14.1 Å². The van der Waals surface area contributed by atoms with Gasteiger partial charge in [0.05, 0.1) is 12.2 Å². The minimum Gasteiger partial charge on any atom is -0.444 e. The van der Waals surface area contributed by atoms with Crippen LogP contribution in [-0.2, 0) is 11.4 Å². The number of hydrogen-bond donors (Lipinski definition) is 0. The monoisotopic (exact) mass is 361 g/mol. The standard InChI is InChI=1S/C19H27N3O4/c1-19(2,3)26-17(23)20(4)14-9-11-21(12-10-14)13-22-15-7-5-6-8-16(15)25-18(22)24/h5-8,14H,9-13H2,1-4H3. The molecule has 2 aromatic rings. The highest BCUT2D eigenvalue weighted by atomic mass is 16.6. The Labute approximate surface area is 153 Å². The lowest BCUT2D eigenvalue weighted by molar-refractivity contribution is 0.0137. The van der Waals surface area contributed by atoms with E-state index in [1.807, 2.05) is 39.0 Å². The maximum atomic E-state index is 12.2. The highest BCUT2D eigenvalue weighted by molar-refractivity contribution is 5.72. The fraction of sp³-hybridized carbons (Fsp3) is 0.579. The van der Waals surface area contributed by atoms with Crippen LogP contribution in [0.3, 0.4) is 0 Å². The first-order chi connectivity index (χ1) is 12.2. The van der Waals surface area contributed by atoms with Crippen molar-refractivity contribution in [2.45, 2.75) is 51.9 Å². The Balaban J connectivity index is 1.59. The molecule has 0 radical (unpaired) electrons. The maximum absolute atomic E-state index is 12.2. The lowest BCUT2D eigenvalue weighted by Gasteiger charge is -2.37. The molecule has 3 rings (SSSR count). The number of piperidine rings is 1. The second-order valence-corrected chi connectivity index (χ2v) is 7.85. The Hall–Kier alpha value is -2.28. The second kappa shape index (κ2) is 7.15. The van der Waals surface area contributed by atoms with Crippen LogP contribution in [0.2, 0.25) is 0 Å². The maximum Gasteiger partial charge on any atom is 0.421 e. The Bertz CT molecular complexity index is 825. The van der Waals surface area contributed by atoms with Crippen molar-refractivity contribution in [1.29, 1.82) is 0 Å². The predicted molar refractivity (Wildman–Crippen MR) is 99.1 cm³/mol. The van der Waals surface area contributed by atoms with E-state index in [9.17, 15) is 9.59 Å². The number of carbonyl (C=O) groups is 1. The van der Waals surface area contributed by atoms with Crippen LogP contribution < -0.4 is 5.76 Å². The molecule has 0 unspecified atom stereocenters. The summed E-state index contributed by atoms with van der Waals surface area (Å²) in [6.07, 6.45) is 1.41. The Morgan fingerprint density at radius 1 is 1.27 bits per heavy atom. The fourth-order valence-electron chi connectivity index (χ4n) is 3.28. The first-order valence-electron chi connectivity index (χ1n) is 9.01. The van der Waals surface area contributed by atoms with Crippen molar-refractivity contribution in [3.05, 3.63) is 34.8 Å². The van der Waals surface area contributed by atoms with Gasteiger partial charge >= 0.3 is 11.8 Å². The molecule has 1 amide bonds. The molecule has 7 heteroatoms. The van der Waals surface area contributed by atoms with Crippen molar-refractivity contribution in [2.24, 2.45) is 0 Å². The average Bonchev–Trinajstić information content (AvgIpc) is 2.89. The van der Waals surface area contributed by atoms with Gasteiger partial charge in [0.2, 0.25) is 0 Å². The number of likely N-dealkylation sites (tertiary alicyclic amines) is 1. The van der Waals surface area contributed by atoms with Crippen molar-refractivity contribution < 1.29 is 13.9 Å². The van der Waals surface area contributed by atoms with E-state index in [4.69, 9.17) is 9.15 Å². The molecule has 26 heavy (non-hydrogen) atoms. The van der Waals surface area contributed by atoms with Crippen LogP contribution in [0.5, 0.6) is 0 Å². The summed E-state index contributed by atoms with van der Waals surface area (Å²) in [5.74, 6) is -0.334. The number of nitrogens with zero attached hydrogens (tertiary/aromatic N) is 3. The van der Waals surface area contributed by atoms with Crippen molar-refractivity contribution >= 4 is 17.2 Å². The largest absolute Gasteiger partial charge is 0.444 e. The highest BCUT2D eigenvalue weighted by Gasteiger charge is 2.28. The third kappa shape index (κ3) is 4.09. The van der Waals surface area contributed by atoms with Gasteiger partial charge in [-0.2, -0.15) is 0 Å². The summed E-state index contributed by atoms with van der Waals surface area (Å²) in [4.78, 5) is 28.2. The van der Waals surface area contributed by atoms with Crippen molar-refractivity contribution in [3.8, 4) is 0 Å². The molecule has 1 saturated heterocycles. The van der Waals surface area contributed by atoms with Gasteiger partial charge in [-0.3, -0.25) is 9.47 Å². The summed E-state index contributed by atoms with van der Waals surface area (Å²) in [6.45, 7) is 7.73. The van der Waals surface area contributed by atoms with Gasteiger partial charge in [-0.15, -0.1) is 0 Å². The molecule has 0 aliphatic carbocycles. The molecule has 142 valence electrons. The molecule has 0 spiro atoms. The molecule has 0 N–H and O–H groups in total. The minimum atomic E-state index is -0.491. The van der Waals surface area contributed by atoms with Crippen molar-refractivity contribution in [2.75, 3.05) is 20.1 Å². The molecule has 0 saturated carbocycles. The number of rotatable bonds is 3. The van der Waals surface area contributed by atoms with Gasteiger partial charge in [-0.1, -0.05) is 12.1 Å². The average molecular weight is 361 g/mol. The smallest absolute Gasteiger partial charge is 0.421 e. The molecule has 1 fully saturated rings. The number of oxazole rings is 1. The van der Waals surface area contributed by atoms with Crippen LogP contribution in [0.15, 0.2) is 33.5 Å². The summed E-state index contributed by atoms with van der Waals surface area (Å²) >= 11 is 0. The van der Waals surface area contributed by atoms with Crippen molar-refractivity contribution in [3.63, 3.8) is 0 Å². The Morgan fingerprint density at radius 2 is 1.92 bits per heavy atom. The van der Waals surface area contributed by atoms with Gasteiger partial charge in [0.25, 0.3) is 0 Å². The van der Waals surface area contributed by atoms with Crippen LogP contribution in [0.25, 0.3) is 11.1 Å². The normalized spacial score (nSPS) is 16.8. The van der Waals surface area contributed by atoms with E-state index in [2.05, 4.69) is 4.90 Å². The fourth-order valence-corrected chi connectivity index (χ4v) is 3.28. The first-order valence-corrected chi connectivity index (χ1v) is 9.01. The van der Waals surface area contributed by atoms with E-state index in [1.54, 1.807) is 22.6 Å². The summed E-state index contributed by atoms with van der Waals surface area (Å²) in [7, 11) is 1.79. The molecular weight excluding hydrogens is 334 g/mol. The molecular formula is C19H27N3O4. The van der Waals surface area contributed by atoms with E-state index in [0.29, 0.717) is 12.3 Å². The van der Waals surface area contributed by atoms with Gasteiger partial charge in [0.1, 0.15) is 5.60 Å². The van der Waals surface area contributed by atoms with E-state index >= 15 is 0 Å². The molecule has 7 nitrogen and oxygen atoms in total. The number of ether oxygens (including phenoxy) is 1. The van der Waals surface area contributed by atoms with Gasteiger partial charge in [-0.25, -0.2) is 9.59 Å². The van der Waals surface area contributed by atoms with Crippen LogP contribution in [0.1, 0.15) is 33.6 Å². The van der Waals surface area contributed by atoms with E-state index < -0.39 is 5.60 Å². The molecule has 0 atom stereocenters. The zero-order valence-corrected chi connectivity index (χ0v) is 15.9. The zero-order chi connectivity index (χ0) is 18.9. The lowest BCUT2D eigenvalue weighted by Crippen LogP contribution is -2.47. The summed E-state index contributed by atoms with van der Waals surface area (Å²) in [5.41, 5.74) is 0.928. The van der Waals surface area contributed by atoms with Crippen LogP contribution >= 0.6 is 0 Å². The second-order valence-electron chi connectivity index (χ2n) is 7.85. The third-order valence-corrected chi connectivity index (χ3v) is 4.70. The van der Waals surface area contributed by atoms with Gasteiger partial charge in [0, 0.05) is 26.2 Å². The lowest BCUT2D eigenvalue weighted by atomic mass is 10.0. The predicted octanol–water partition coefficient (Wildman–Crippen LogP) is 2.88. The minimum absolute atomic E-state index is 0.152. The van der Waals surface area contributed by atoms with Gasteiger partial charge in [0.15, 0.2) is 5.58 Å². The highest BCUT2D eigenvalue weighted by Crippen LogP contribution is 2.20. The molecule has 1 aromatic heterocycles. The van der Waals surface area contributed by atoms with Crippen LogP contribution in [0.4, 0.5) is 4.79 Å². The molecule has 1 aromatic carbocycles. The number of carbonyl (C=O) groups excluding carboxylic acids is 1. The third-order valence-electron chi connectivity index (χ3n) is 4.70. The van der Waals surface area contributed by atoms with E-state index in [-0.39, 0.29) is 17.9 Å². The number of benzene rings is 1. The van der Waals surface area contributed by atoms with Crippen LogP contribution in [-0.4, -0.2) is 52.2 Å². The van der Waals surface area contributed by atoms with Gasteiger partial charge in [-0.05, 0) is 45.7 Å². The summed E-state index contributed by atoms with van der Waals surface area (Å²) < 4.78 is 12.4. The number of fused-ring (bicyclic) bond motifs is 1. The quantitative estimate of drug-likeness (QED) is 0.841. The number of amides is 1. The van der Waals surface area contributed by atoms with Crippen LogP contribution in [0, 0.1) is 0 Å². The molecule has 0 bridgehead atoms. The SMILES string of the molecule is CN(C(=O)OC(C)(C)C)C1CCN(Cn2c(=O)oc3ccccc32)CC1. The number of aromatic nitrogens is 1. The summed E-state index contributed by atoms with van der Waals surface area (Å²) in [6, 6.07) is 7.60. The van der Waals surface area contributed by atoms with Crippen molar-refractivity contribution in [1.82, 2.24) is 14.4 Å². The van der Waals surface area contributed by atoms with E-state index in [0.717, 1.165) is 31.4 Å². The molecule has 1 aliphatic heterocycles. The first kappa shape index (κ1) is 18.5. The number of hydrogen-bond acceptors (Lipinski definition) is 5. The van der Waals surface area contributed by atoms with E-state index in [1.165, 1.54) is 0 Å². The number of para-hydroxylation sites is 2. The zero-order valence-electron chi connectivity index (χ0n) is 15.9. The molecule has 1 aliphatic rings. The molecule has 2 heterocycles.